The SMILES string of the molecule is O=Cc1c(Cl)nc(Oc2ccccc2)n1-c1ccccc1. The number of carbonyl (C=O) groups is 1. The monoisotopic (exact) mass is 298 g/mol. The smallest absolute Gasteiger partial charge is 0.308 e. The molecule has 0 fully saturated rings. The topological polar surface area (TPSA) is 44.1 Å². The molecule has 5 heteroatoms. The predicted octanol–water partition coefficient (Wildman–Crippen LogP) is 4.13. The highest BCUT2D eigenvalue weighted by Gasteiger charge is 2.18. The van der Waals surface area contributed by atoms with Gasteiger partial charge in [0.15, 0.2) is 11.4 Å². The van der Waals surface area contributed by atoms with Crippen LogP contribution in [0.4, 0.5) is 0 Å². The second kappa shape index (κ2) is 5.81. The second-order valence-electron chi connectivity index (χ2n) is 4.27. The normalized spacial score (nSPS) is 10.3. The van der Waals surface area contributed by atoms with E-state index >= 15 is 0 Å². The first-order valence-corrected chi connectivity index (χ1v) is 6.69. The summed E-state index contributed by atoms with van der Waals surface area (Å²) in [6.07, 6.45) is 0.667. The molecule has 0 aliphatic carbocycles. The Morgan fingerprint density at radius 3 is 2.24 bits per heavy atom. The average Bonchev–Trinajstić information content (AvgIpc) is 2.84. The van der Waals surface area contributed by atoms with Crippen molar-refractivity contribution in [2.24, 2.45) is 0 Å². The average molecular weight is 299 g/mol. The number of nitrogens with zero attached hydrogens (tertiary/aromatic N) is 2. The van der Waals surface area contributed by atoms with Crippen molar-refractivity contribution in [1.29, 1.82) is 0 Å². The molecule has 1 heterocycles. The van der Waals surface area contributed by atoms with E-state index in [1.807, 2.05) is 48.5 Å². The van der Waals surface area contributed by atoms with Gasteiger partial charge in [0, 0.05) is 0 Å². The third-order valence-electron chi connectivity index (χ3n) is 2.92. The van der Waals surface area contributed by atoms with Crippen LogP contribution in [0.3, 0.4) is 0 Å². The Morgan fingerprint density at radius 2 is 1.62 bits per heavy atom. The molecule has 0 spiro atoms. The first-order chi connectivity index (χ1) is 10.3. The molecule has 1 aromatic heterocycles. The summed E-state index contributed by atoms with van der Waals surface area (Å²) in [4.78, 5) is 15.4. The lowest BCUT2D eigenvalue weighted by Gasteiger charge is -2.09. The van der Waals surface area contributed by atoms with Crippen molar-refractivity contribution < 1.29 is 9.53 Å². The Hall–Kier alpha value is -2.59. The molecule has 0 atom stereocenters. The molecule has 0 bridgehead atoms. The van der Waals surface area contributed by atoms with E-state index < -0.39 is 0 Å². The maximum atomic E-state index is 11.3. The fourth-order valence-electron chi connectivity index (χ4n) is 1.98. The Morgan fingerprint density at radius 1 is 1.00 bits per heavy atom. The van der Waals surface area contributed by atoms with E-state index in [-0.39, 0.29) is 16.9 Å². The van der Waals surface area contributed by atoms with Crippen molar-refractivity contribution in [2.75, 3.05) is 0 Å². The van der Waals surface area contributed by atoms with Crippen molar-refractivity contribution in [3.05, 3.63) is 71.5 Å². The number of imidazole rings is 1. The summed E-state index contributed by atoms with van der Waals surface area (Å²) in [5.41, 5.74) is 1.01. The van der Waals surface area contributed by atoms with Crippen LogP contribution in [-0.2, 0) is 0 Å². The van der Waals surface area contributed by atoms with Gasteiger partial charge in [0.2, 0.25) is 0 Å². The van der Waals surface area contributed by atoms with Gasteiger partial charge in [-0.1, -0.05) is 48.0 Å². The van der Waals surface area contributed by atoms with Crippen molar-refractivity contribution >= 4 is 17.9 Å². The lowest BCUT2D eigenvalue weighted by molar-refractivity contribution is 0.111. The maximum absolute atomic E-state index is 11.3. The van der Waals surface area contributed by atoms with E-state index in [0.29, 0.717) is 12.0 Å². The minimum absolute atomic E-state index is 0.111. The summed E-state index contributed by atoms with van der Waals surface area (Å²) in [6, 6.07) is 18.8. The molecule has 3 aromatic rings. The molecule has 0 radical (unpaired) electrons. The number of halogens is 1. The maximum Gasteiger partial charge on any atom is 0.308 e. The molecule has 21 heavy (non-hydrogen) atoms. The van der Waals surface area contributed by atoms with Crippen molar-refractivity contribution in [1.82, 2.24) is 9.55 Å². The minimum Gasteiger partial charge on any atom is -0.425 e. The molecule has 0 aliphatic heterocycles. The van der Waals surface area contributed by atoms with Gasteiger partial charge < -0.3 is 4.74 Å². The van der Waals surface area contributed by atoms with Gasteiger partial charge >= 0.3 is 6.01 Å². The van der Waals surface area contributed by atoms with E-state index in [4.69, 9.17) is 16.3 Å². The van der Waals surface area contributed by atoms with E-state index in [1.165, 1.54) is 0 Å². The fourth-order valence-corrected chi connectivity index (χ4v) is 2.18. The highest BCUT2D eigenvalue weighted by molar-refractivity contribution is 6.31. The van der Waals surface area contributed by atoms with Crippen LogP contribution in [-0.4, -0.2) is 15.8 Å². The molecule has 2 aromatic carbocycles. The summed E-state index contributed by atoms with van der Waals surface area (Å²) >= 11 is 6.02. The zero-order chi connectivity index (χ0) is 14.7. The number of hydrogen-bond acceptors (Lipinski definition) is 3. The van der Waals surface area contributed by atoms with Crippen molar-refractivity contribution in [3.8, 4) is 17.4 Å². The van der Waals surface area contributed by atoms with Crippen LogP contribution >= 0.6 is 11.6 Å². The number of aromatic nitrogens is 2. The van der Waals surface area contributed by atoms with Crippen LogP contribution in [0.1, 0.15) is 10.5 Å². The first kappa shape index (κ1) is 13.4. The van der Waals surface area contributed by atoms with E-state index in [9.17, 15) is 4.79 Å². The zero-order valence-electron chi connectivity index (χ0n) is 10.9. The molecule has 0 aliphatic rings. The quantitative estimate of drug-likeness (QED) is 0.680. The number of rotatable bonds is 4. The lowest BCUT2D eigenvalue weighted by atomic mass is 10.3. The summed E-state index contributed by atoms with van der Waals surface area (Å²) < 4.78 is 7.32. The number of benzene rings is 2. The predicted molar refractivity (Wildman–Crippen MR) is 80.5 cm³/mol. The van der Waals surface area contributed by atoms with Gasteiger partial charge in [0.05, 0.1) is 5.69 Å². The van der Waals surface area contributed by atoms with Crippen LogP contribution in [0.2, 0.25) is 5.15 Å². The Labute approximate surface area is 126 Å². The Bertz CT molecular complexity index is 755. The fraction of sp³-hybridized carbons (Fsp3) is 0. The van der Waals surface area contributed by atoms with Gasteiger partial charge in [0.25, 0.3) is 0 Å². The van der Waals surface area contributed by atoms with Crippen molar-refractivity contribution in [3.63, 3.8) is 0 Å². The molecule has 0 N–H and O–H groups in total. The second-order valence-corrected chi connectivity index (χ2v) is 4.63. The molecule has 0 amide bonds. The lowest BCUT2D eigenvalue weighted by Crippen LogP contribution is -2.02. The Kier molecular flexibility index (Phi) is 3.71. The van der Waals surface area contributed by atoms with Crippen LogP contribution in [0, 0.1) is 0 Å². The Balaban J connectivity index is 2.11. The van der Waals surface area contributed by atoms with E-state index in [2.05, 4.69) is 4.98 Å². The number of aldehydes is 1. The summed E-state index contributed by atoms with van der Waals surface area (Å²) in [7, 11) is 0. The summed E-state index contributed by atoms with van der Waals surface area (Å²) in [5, 5.41) is 0.111. The van der Waals surface area contributed by atoms with Gasteiger partial charge in [-0.2, -0.15) is 4.98 Å². The zero-order valence-corrected chi connectivity index (χ0v) is 11.7. The minimum atomic E-state index is 0.111. The van der Waals surface area contributed by atoms with Gasteiger partial charge in [-0.25, -0.2) is 0 Å². The molecule has 0 unspecified atom stereocenters. The molecular weight excluding hydrogens is 288 g/mol. The molecular formula is C16H11ClN2O2. The van der Waals surface area contributed by atoms with Gasteiger partial charge in [0.1, 0.15) is 11.4 Å². The van der Waals surface area contributed by atoms with E-state index in [1.54, 1.807) is 16.7 Å². The van der Waals surface area contributed by atoms with Gasteiger partial charge in [-0.15, -0.1) is 0 Å². The molecule has 0 saturated heterocycles. The van der Waals surface area contributed by atoms with E-state index in [0.717, 1.165) is 5.69 Å². The number of para-hydroxylation sites is 2. The van der Waals surface area contributed by atoms with Crippen molar-refractivity contribution in [2.45, 2.75) is 0 Å². The third-order valence-corrected chi connectivity index (χ3v) is 3.19. The summed E-state index contributed by atoms with van der Waals surface area (Å²) in [6.45, 7) is 0. The third kappa shape index (κ3) is 2.66. The molecule has 0 saturated carbocycles. The highest BCUT2D eigenvalue weighted by Crippen LogP contribution is 2.29. The van der Waals surface area contributed by atoms with Gasteiger partial charge in [-0.05, 0) is 24.3 Å². The highest BCUT2D eigenvalue weighted by atomic mass is 35.5. The van der Waals surface area contributed by atoms with Crippen LogP contribution < -0.4 is 4.74 Å². The molecule has 104 valence electrons. The molecule has 4 nitrogen and oxygen atoms in total. The van der Waals surface area contributed by atoms with Crippen LogP contribution in [0.25, 0.3) is 5.69 Å². The number of hydrogen-bond donors (Lipinski definition) is 0. The van der Waals surface area contributed by atoms with Gasteiger partial charge in [-0.3, -0.25) is 9.36 Å². The molecule has 3 rings (SSSR count). The summed E-state index contributed by atoms with van der Waals surface area (Å²) in [5.74, 6) is 0.619. The standard InChI is InChI=1S/C16H11ClN2O2/c17-15-14(11-20)19(12-7-3-1-4-8-12)16(18-15)21-13-9-5-2-6-10-13/h1-11H. The number of carbonyl (C=O) groups excluding carboxylic acids is 1. The van der Waals surface area contributed by atoms with Crippen LogP contribution in [0.5, 0.6) is 11.8 Å². The first-order valence-electron chi connectivity index (χ1n) is 6.31. The van der Waals surface area contributed by atoms with Crippen LogP contribution in [0.15, 0.2) is 60.7 Å². The largest absolute Gasteiger partial charge is 0.425 e. The number of ether oxygens (including phenoxy) is 1.